The molecule has 1 aromatic heterocycles. The van der Waals surface area contributed by atoms with Crippen molar-refractivity contribution in [3.63, 3.8) is 0 Å². The summed E-state index contributed by atoms with van der Waals surface area (Å²) in [5, 5.41) is 10.7. The summed E-state index contributed by atoms with van der Waals surface area (Å²) in [6.07, 6.45) is 1.91. The zero-order valence-corrected chi connectivity index (χ0v) is 22.0. The summed E-state index contributed by atoms with van der Waals surface area (Å²) in [7, 11) is 0. The number of benzene rings is 2. The van der Waals surface area contributed by atoms with E-state index in [2.05, 4.69) is 16.0 Å². The van der Waals surface area contributed by atoms with Gasteiger partial charge in [-0.3, -0.25) is 9.59 Å². The van der Waals surface area contributed by atoms with Crippen LogP contribution >= 0.6 is 35.6 Å². The molecular formula is C27H23ClN4O2S2. The number of hydrogen-bond donors (Lipinski definition) is 3. The number of amides is 2. The van der Waals surface area contributed by atoms with Crippen molar-refractivity contribution in [2.45, 2.75) is 19.8 Å². The summed E-state index contributed by atoms with van der Waals surface area (Å²) < 4.78 is 1.94. The summed E-state index contributed by atoms with van der Waals surface area (Å²) in [5.41, 5.74) is 5.55. The van der Waals surface area contributed by atoms with Gasteiger partial charge in [-0.05, 0) is 61.9 Å². The molecule has 0 bridgehead atoms. The Morgan fingerprint density at radius 2 is 1.81 bits per heavy atom. The van der Waals surface area contributed by atoms with Crippen molar-refractivity contribution in [1.82, 2.24) is 9.88 Å². The molecule has 2 amide bonds. The third-order valence-corrected chi connectivity index (χ3v) is 7.85. The molecule has 9 heteroatoms. The van der Waals surface area contributed by atoms with Crippen LogP contribution in [-0.2, 0) is 9.59 Å². The van der Waals surface area contributed by atoms with Gasteiger partial charge in [0.05, 0.1) is 16.7 Å². The number of aryl methyl sites for hydroxylation is 1. The molecule has 0 saturated heterocycles. The predicted octanol–water partition coefficient (Wildman–Crippen LogP) is 5.82. The maximum atomic E-state index is 13.5. The molecule has 1 unspecified atom stereocenters. The highest BCUT2D eigenvalue weighted by Gasteiger charge is 2.42. The number of thioether (sulfide) groups is 1. The van der Waals surface area contributed by atoms with E-state index in [1.54, 1.807) is 24.3 Å². The van der Waals surface area contributed by atoms with Gasteiger partial charge in [-0.25, -0.2) is 0 Å². The van der Waals surface area contributed by atoms with Crippen LogP contribution in [0, 0.1) is 6.92 Å². The summed E-state index contributed by atoms with van der Waals surface area (Å²) in [4.78, 5) is 26.8. The van der Waals surface area contributed by atoms with Crippen molar-refractivity contribution >= 4 is 63.8 Å². The molecule has 3 aromatic rings. The molecule has 3 N–H and O–H groups in total. The Hall–Kier alpha value is -3.33. The van der Waals surface area contributed by atoms with Crippen molar-refractivity contribution in [2.75, 3.05) is 16.4 Å². The highest BCUT2D eigenvalue weighted by Crippen LogP contribution is 2.46. The van der Waals surface area contributed by atoms with Gasteiger partial charge in [0, 0.05) is 45.1 Å². The third kappa shape index (κ3) is 4.59. The number of carbonyl (C=O) groups excluding carboxylic acids is 2. The first-order valence-corrected chi connectivity index (χ1v) is 13.1. The predicted molar refractivity (Wildman–Crippen MR) is 150 cm³/mol. The maximum absolute atomic E-state index is 13.5. The number of hydrogen-bond acceptors (Lipinski definition) is 5. The molecule has 5 rings (SSSR count). The number of dihydropyridines is 1. The lowest BCUT2D eigenvalue weighted by Crippen LogP contribution is -2.31. The SMILES string of the molecule is CC1=C(C(=O)Nc2ccccc2C)C2C(=C(SCC(=O)Nc3ccc(Cl)cc3)N1)C(=S)n1cccc12. The Balaban J connectivity index is 1.40. The zero-order chi connectivity index (χ0) is 25.4. The van der Waals surface area contributed by atoms with Crippen molar-refractivity contribution < 1.29 is 9.59 Å². The molecule has 0 saturated carbocycles. The maximum Gasteiger partial charge on any atom is 0.254 e. The molecule has 182 valence electrons. The highest BCUT2D eigenvalue weighted by molar-refractivity contribution is 8.03. The van der Waals surface area contributed by atoms with Gasteiger partial charge in [-0.2, -0.15) is 0 Å². The number of rotatable bonds is 6. The number of para-hydroxylation sites is 1. The molecule has 36 heavy (non-hydrogen) atoms. The number of nitrogens with zero attached hydrogens (tertiary/aromatic N) is 1. The van der Waals surface area contributed by atoms with E-state index < -0.39 is 0 Å². The van der Waals surface area contributed by atoms with Crippen LogP contribution in [0.4, 0.5) is 11.4 Å². The molecule has 0 fully saturated rings. The number of thiocarbonyl (C=S) groups is 1. The van der Waals surface area contributed by atoms with Gasteiger partial charge < -0.3 is 20.5 Å². The van der Waals surface area contributed by atoms with Gasteiger partial charge in [0.25, 0.3) is 5.91 Å². The number of aromatic nitrogens is 1. The van der Waals surface area contributed by atoms with Gasteiger partial charge in [0.2, 0.25) is 5.91 Å². The van der Waals surface area contributed by atoms with Crippen LogP contribution in [0.15, 0.2) is 88.7 Å². The average molecular weight is 535 g/mol. The quantitative estimate of drug-likeness (QED) is 0.347. The molecule has 2 aromatic carbocycles. The average Bonchev–Trinajstić information content (AvgIpc) is 3.43. The third-order valence-electron chi connectivity index (χ3n) is 6.17. The van der Waals surface area contributed by atoms with Crippen LogP contribution < -0.4 is 16.0 Å². The molecule has 2 aliphatic heterocycles. The molecule has 0 aliphatic carbocycles. The standard InChI is InChI=1S/C27H23ClN4O2S2/c1-15-6-3-4-7-19(15)31-25(34)22-16(2)29-26(24-23(22)20-8-5-13-32(20)27(24)35)36-14-21(33)30-18-11-9-17(28)10-12-18/h3-13,23,29H,14H2,1-2H3,(H,30,33)(H,31,34). The Labute approximate surface area is 223 Å². The van der Waals surface area contributed by atoms with Crippen molar-refractivity contribution in [3.8, 4) is 0 Å². The van der Waals surface area contributed by atoms with Crippen molar-refractivity contribution in [3.05, 3.63) is 105 Å². The lowest BCUT2D eigenvalue weighted by atomic mass is 9.86. The van der Waals surface area contributed by atoms with Gasteiger partial charge >= 0.3 is 0 Å². The van der Waals surface area contributed by atoms with E-state index in [0.29, 0.717) is 21.3 Å². The van der Waals surface area contributed by atoms with Gasteiger partial charge in [-0.15, -0.1) is 0 Å². The van der Waals surface area contributed by atoms with E-state index in [1.165, 1.54) is 11.8 Å². The lowest BCUT2D eigenvalue weighted by Gasteiger charge is -2.28. The zero-order valence-electron chi connectivity index (χ0n) is 19.6. The van der Waals surface area contributed by atoms with E-state index in [9.17, 15) is 9.59 Å². The number of carbonyl (C=O) groups is 2. The fraction of sp³-hybridized carbons (Fsp3) is 0.148. The Morgan fingerprint density at radius 3 is 2.56 bits per heavy atom. The van der Waals surface area contributed by atoms with Crippen LogP contribution in [0.5, 0.6) is 0 Å². The Bertz CT molecular complexity index is 1460. The Kier molecular flexibility index (Phi) is 6.75. The smallest absolute Gasteiger partial charge is 0.254 e. The number of anilines is 2. The minimum Gasteiger partial charge on any atom is -0.353 e. The molecule has 1 atom stereocenters. The number of nitrogens with one attached hydrogen (secondary N) is 3. The van der Waals surface area contributed by atoms with Gasteiger partial charge in [0.15, 0.2) is 0 Å². The summed E-state index contributed by atoms with van der Waals surface area (Å²) in [6, 6.07) is 18.6. The topological polar surface area (TPSA) is 75.2 Å². The molecule has 3 heterocycles. The van der Waals surface area contributed by atoms with E-state index in [-0.39, 0.29) is 23.5 Å². The number of halogens is 1. The van der Waals surface area contributed by atoms with Crippen molar-refractivity contribution in [2.24, 2.45) is 0 Å². The first-order valence-electron chi connectivity index (χ1n) is 11.3. The summed E-state index contributed by atoms with van der Waals surface area (Å²) in [6.45, 7) is 3.84. The second-order valence-corrected chi connectivity index (χ2v) is 10.4. The molecule has 6 nitrogen and oxygen atoms in total. The Morgan fingerprint density at radius 1 is 1.06 bits per heavy atom. The number of allylic oxidation sites excluding steroid dienone is 2. The molecular weight excluding hydrogens is 512 g/mol. The van der Waals surface area contributed by atoms with Crippen molar-refractivity contribution in [1.29, 1.82) is 0 Å². The molecule has 0 radical (unpaired) electrons. The summed E-state index contributed by atoms with van der Waals surface area (Å²) in [5.74, 6) is -0.475. The van der Waals surface area contributed by atoms with E-state index in [0.717, 1.165) is 33.2 Å². The first-order chi connectivity index (χ1) is 17.3. The van der Waals surface area contributed by atoms with Crippen LogP contribution in [0.2, 0.25) is 5.02 Å². The number of fused-ring (bicyclic) bond motifs is 3. The highest BCUT2D eigenvalue weighted by atomic mass is 35.5. The van der Waals surface area contributed by atoms with Crippen LogP contribution in [0.1, 0.15) is 24.1 Å². The fourth-order valence-electron chi connectivity index (χ4n) is 4.44. The lowest BCUT2D eigenvalue weighted by molar-refractivity contribution is -0.114. The fourth-order valence-corrected chi connectivity index (χ4v) is 5.96. The minimum atomic E-state index is -0.320. The van der Waals surface area contributed by atoms with Crippen LogP contribution in [0.3, 0.4) is 0 Å². The molecule has 2 aliphatic rings. The molecule has 0 spiro atoms. The van der Waals surface area contributed by atoms with Gasteiger partial charge in [-0.1, -0.05) is 53.8 Å². The van der Waals surface area contributed by atoms with Gasteiger partial charge in [0.1, 0.15) is 4.99 Å². The minimum absolute atomic E-state index is 0.151. The first kappa shape index (κ1) is 24.4. The van der Waals surface area contributed by atoms with Crippen LogP contribution in [0.25, 0.3) is 0 Å². The monoisotopic (exact) mass is 534 g/mol. The second kappa shape index (κ2) is 9.97. The van der Waals surface area contributed by atoms with E-state index >= 15 is 0 Å². The summed E-state index contributed by atoms with van der Waals surface area (Å²) >= 11 is 13.1. The van der Waals surface area contributed by atoms with E-state index in [1.807, 2.05) is 61.0 Å². The second-order valence-electron chi connectivity index (χ2n) is 8.56. The van der Waals surface area contributed by atoms with E-state index in [4.69, 9.17) is 23.8 Å². The normalized spacial score (nSPS) is 16.4. The van der Waals surface area contributed by atoms with Crippen LogP contribution in [-0.4, -0.2) is 27.1 Å². The largest absolute Gasteiger partial charge is 0.353 e.